The van der Waals surface area contributed by atoms with Crippen LogP contribution in [0.5, 0.6) is 0 Å². The van der Waals surface area contributed by atoms with Crippen LogP contribution in [0.3, 0.4) is 0 Å². The monoisotopic (exact) mass is 316 g/mol. The molecule has 2 N–H and O–H groups in total. The van der Waals surface area contributed by atoms with Gasteiger partial charge < -0.3 is 10.2 Å². The normalized spacial score (nSPS) is 11.9. The van der Waals surface area contributed by atoms with Crippen LogP contribution in [0.15, 0.2) is 32.7 Å². The van der Waals surface area contributed by atoms with Crippen molar-refractivity contribution >= 4 is 11.8 Å². The van der Waals surface area contributed by atoms with Crippen molar-refractivity contribution in [3.05, 3.63) is 40.8 Å². The van der Waals surface area contributed by atoms with E-state index in [4.69, 9.17) is 10.2 Å². The number of hydrogen-bond acceptors (Lipinski definition) is 4. The second-order valence-corrected chi connectivity index (χ2v) is 5.58. The molecule has 7 heteroatoms. The molecule has 0 amide bonds. The van der Waals surface area contributed by atoms with E-state index in [1.807, 2.05) is 0 Å². The maximum Gasteiger partial charge on any atom is 0.417 e. The van der Waals surface area contributed by atoms with E-state index in [1.165, 1.54) is 6.07 Å². The zero-order valence-electron chi connectivity index (χ0n) is 11.6. The van der Waals surface area contributed by atoms with E-state index in [0.29, 0.717) is 30.0 Å². The zero-order valence-corrected chi connectivity index (χ0v) is 12.4. The first-order chi connectivity index (χ1) is 9.81. The van der Waals surface area contributed by atoms with Crippen molar-refractivity contribution in [3.63, 3.8) is 0 Å². The Labute approximate surface area is 124 Å². The van der Waals surface area contributed by atoms with Crippen LogP contribution in [0.2, 0.25) is 0 Å². The van der Waals surface area contributed by atoms with E-state index in [2.05, 4.69) is 4.98 Å². The second-order valence-electron chi connectivity index (χ2n) is 4.59. The lowest BCUT2D eigenvalue weighted by molar-refractivity contribution is -0.139. The van der Waals surface area contributed by atoms with Crippen molar-refractivity contribution in [2.75, 3.05) is 6.54 Å². The van der Waals surface area contributed by atoms with Crippen molar-refractivity contribution in [1.29, 1.82) is 0 Å². The number of oxazole rings is 1. The van der Waals surface area contributed by atoms with Crippen LogP contribution in [0.4, 0.5) is 13.2 Å². The zero-order chi connectivity index (χ0) is 15.6. The maximum absolute atomic E-state index is 13.2. The molecule has 0 bridgehead atoms. The molecule has 0 unspecified atom stereocenters. The highest BCUT2D eigenvalue weighted by molar-refractivity contribution is 7.99. The van der Waals surface area contributed by atoms with Gasteiger partial charge in [-0.1, -0.05) is 6.07 Å². The van der Waals surface area contributed by atoms with Crippen LogP contribution < -0.4 is 5.73 Å². The highest BCUT2D eigenvalue weighted by Gasteiger charge is 2.34. The van der Waals surface area contributed by atoms with Gasteiger partial charge in [0, 0.05) is 4.90 Å². The number of hydrogen-bond donors (Lipinski definition) is 1. The van der Waals surface area contributed by atoms with Crippen molar-refractivity contribution in [1.82, 2.24) is 4.98 Å². The van der Waals surface area contributed by atoms with Gasteiger partial charge in [-0.25, -0.2) is 4.98 Å². The molecule has 0 spiro atoms. The summed E-state index contributed by atoms with van der Waals surface area (Å²) in [5.74, 6) is 0.603. The molecule has 114 valence electrons. The number of rotatable bonds is 4. The van der Waals surface area contributed by atoms with Crippen LogP contribution in [-0.4, -0.2) is 11.5 Å². The number of nitrogens with two attached hydrogens (primary N) is 1. The van der Waals surface area contributed by atoms with Gasteiger partial charge in [-0.2, -0.15) is 13.2 Å². The van der Waals surface area contributed by atoms with Crippen LogP contribution in [0, 0.1) is 13.8 Å². The number of alkyl halides is 3. The lowest BCUT2D eigenvalue weighted by atomic mass is 10.1. The number of aryl methyl sites for hydroxylation is 2. The minimum atomic E-state index is -4.43. The fourth-order valence-corrected chi connectivity index (χ4v) is 2.75. The summed E-state index contributed by atoms with van der Waals surface area (Å²) in [5, 5.41) is 0.210. The molecule has 0 aliphatic carbocycles. The Balaban J connectivity index is 2.37. The second kappa shape index (κ2) is 6.11. The third-order valence-electron chi connectivity index (χ3n) is 2.99. The molecule has 0 aliphatic heterocycles. The topological polar surface area (TPSA) is 52.0 Å². The highest BCUT2D eigenvalue weighted by Crippen LogP contribution is 2.40. The average molecular weight is 316 g/mol. The first kappa shape index (κ1) is 15.9. The number of benzene rings is 1. The Morgan fingerprint density at radius 3 is 2.52 bits per heavy atom. The molecular formula is C14H15F3N2OS. The first-order valence-corrected chi connectivity index (χ1v) is 7.15. The summed E-state index contributed by atoms with van der Waals surface area (Å²) in [6, 6.07) is 4.22. The summed E-state index contributed by atoms with van der Waals surface area (Å²) in [7, 11) is 0. The molecule has 0 fully saturated rings. The Morgan fingerprint density at radius 1 is 1.29 bits per heavy atom. The fourth-order valence-electron chi connectivity index (χ4n) is 1.79. The van der Waals surface area contributed by atoms with E-state index >= 15 is 0 Å². The Hall–Kier alpha value is -1.47. The molecule has 3 nitrogen and oxygen atoms in total. The molecule has 0 radical (unpaired) electrons. The summed E-state index contributed by atoms with van der Waals surface area (Å²) < 4.78 is 44.8. The minimum absolute atomic E-state index is 0.0736. The van der Waals surface area contributed by atoms with Crippen LogP contribution in [0.25, 0.3) is 0 Å². The fraction of sp³-hybridized carbons (Fsp3) is 0.357. The van der Waals surface area contributed by atoms with E-state index in [-0.39, 0.29) is 10.1 Å². The quantitative estimate of drug-likeness (QED) is 0.927. The SMILES string of the molecule is Cc1nc(Sc2ccc(CCN)cc2C(F)(F)F)oc1C. The van der Waals surface area contributed by atoms with Gasteiger partial charge in [0.25, 0.3) is 5.22 Å². The number of nitrogens with zero attached hydrogens (tertiary/aromatic N) is 1. The summed E-state index contributed by atoms with van der Waals surface area (Å²) in [6.07, 6.45) is -4.02. The van der Waals surface area contributed by atoms with Crippen molar-refractivity contribution < 1.29 is 17.6 Å². The lowest BCUT2D eigenvalue weighted by Crippen LogP contribution is -2.09. The Kier molecular flexibility index (Phi) is 4.63. The molecule has 0 aliphatic rings. The Bertz CT molecular complexity index is 618. The van der Waals surface area contributed by atoms with E-state index in [9.17, 15) is 13.2 Å². The molecule has 1 aromatic carbocycles. The van der Waals surface area contributed by atoms with Crippen molar-refractivity contribution in [2.45, 2.75) is 36.6 Å². The van der Waals surface area contributed by atoms with Gasteiger partial charge in [-0.05, 0) is 56.3 Å². The molecule has 1 aromatic heterocycles. The Morgan fingerprint density at radius 2 is 2.00 bits per heavy atom. The molecule has 0 atom stereocenters. The maximum atomic E-state index is 13.2. The van der Waals surface area contributed by atoms with E-state index in [1.54, 1.807) is 19.9 Å². The van der Waals surface area contributed by atoms with Crippen molar-refractivity contribution in [2.24, 2.45) is 5.73 Å². The van der Waals surface area contributed by atoms with Gasteiger partial charge in [0.05, 0.1) is 11.3 Å². The predicted molar refractivity (Wildman–Crippen MR) is 74.3 cm³/mol. The molecule has 2 aromatic rings. The minimum Gasteiger partial charge on any atom is -0.436 e. The first-order valence-electron chi connectivity index (χ1n) is 6.33. The predicted octanol–water partition coefficient (Wildman–Crippen LogP) is 3.96. The van der Waals surface area contributed by atoms with Gasteiger partial charge in [0.1, 0.15) is 5.76 Å². The van der Waals surface area contributed by atoms with E-state index in [0.717, 1.165) is 17.8 Å². The van der Waals surface area contributed by atoms with Crippen LogP contribution in [-0.2, 0) is 12.6 Å². The van der Waals surface area contributed by atoms with Gasteiger partial charge in [-0.3, -0.25) is 0 Å². The van der Waals surface area contributed by atoms with Crippen LogP contribution >= 0.6 is 11.8 Å². The summed E-state index contributed by atoms with van der Waals surface area (Å²) >= 11 is 0.874. The molecule has 2 rings (SSSR count). The number of halogens is 3. The highest BCUT2D eigenvalue weighted by atomic mass is 32.2. The van der Waals surface area contributed by atoms with E-state index < -0.39 is 11.7 Å². The van der Waals surface area contributed by atoms with Gasteiger partial charge >= 0.3 is 6.18 Å². The molecule has 0 saturated carbocycles. The average Bonchev–Trinajstić information content (AvgIpc) is 2.69. The molecule has 0 saturated heterocycles. The summed E-state index contributed by atoms with van der Waals surface area (Å²) in [4.78, 5) is 4.17. The molecular weight excluding hydrogens is 301 g/mol. The largest absolute Gasteiger partial charge is 0.436 e. The lowest BCUT2D eigenvalue weighted by Gasteiger charge is -2.13. The smallest absolute Gasteiger partial charge is 0.417 e. The summed E-state index contributed by atoms with van der Waals surface area (Å²) in [6.45, 7) is 3.78. The number of aromatic nitrogens is 1. The van der Waals surface area contributed by atoms with Gasteiger partial charge in [0.2, 0.25) is 0 Å². The summed E-state index contributed by atoms with van der Waals surface area (Å²) in [5.41, 5.74) is 5.94. The third kappa shape index (κ3) is 3.79. The molecule has 21 heavy (non-hydrogen) atoms. The standard InChI is InChI=1S/C14H15F3N2OS/c1-8-9(2)20-13(19-8)21-12-4-3-10(5-6-18)7-11(12)14(15,16)17/h3-4,7H,5-6,18H2,1-2H3. The van der Waals surface area contributed by atoms with Crippen LogP contribution in [0.1, 0.15) is 22.6 Å². The molecule has 1 heterocycles. The van der Waals surface area contributed by atoms with Crippen molar-refractivity contribution in [3.8, 4) is 0 Å². The van der Waals surface area contributed by atoms with Gasteiger partial charge in [-0.15, -0.1) is 0 Å². The third-order valence-corrected chi connectivity index (χ3v) is 3.91. The van der Waals surface area contributed by atoms with Gasteiger partial charge in [0.15, 0.2) is 0 Å².